The van der Waals surface area contributed by atoms with Gasteiger partial charge in [-0.15, -0.1) is 0 Å². The van der Waals surface area contributed by atoms with Crippen molar-refractivity contribution in [2.75, 3.05) is 0 Å². The summed E-state index contributed by atoms with van der Waals surface area (Å²) >= 11 is 3.35. The van der Waals surface area contributed by atoms with Gasteiger partial charge in [-0.1, -0.05) is 58.4 Å². The lowest BCUT2D eigenvalue weighted by atomic mass is 10.0. The van der Waals surface area contributed by atoms with Crippen LogP contribution in [0.25, 0.3) is 10.8 Å². The van der Waals surface area contributed by atoms with E-state index in [2.05, 4.69) is 31.6 Å². The minimum absolute atomic E-state index is 0.00791. The largest absolute Gasteiger partial charge is 0.507 e. The molecule has 2 N–H and O–H groups in total. The van der Waals surface area contributed by atoms with E-state index in [4.69, 9.17) is 0 Å². The highest BCUT2D eigenvalue weighted by molar-refractivity contribution is 9.10. The molecular formula is C22H16BrN5O4. The zero-order chi connectivity index (χ0) is 22.7. The molecule has 0 bridgehead atoms. The number of aromatic nitrogens is 2. The highest BCUT2D eigenvalue weighted by Gasteiger charge is 2.25. The molecule has 4 rings (SSSR count). The number of hydrazone groups is 1. The van der Waals surface area contributed by atoms with Gasteiger partial charge in [-0.25, -0.2) is 5.43 Å². The second-order valence-corrected chi connectivity index (χ2v) is 7.78. The van der Waals surface area contributed by atoms with E-state index in [1.54, 1.807) is 6.07 Å². The topological polar surface area (TPSA) is 123 Å². The Hall–Kier alpha value is -4.05. The molecule has 0 aliphatic heterocycles. The highest BCUT2D eigenvalue weighted by atomic mass is 79.9. The van der Waals surface area contributed by atoms with Crippen molar-refractivity contribution in [2.45, 2.75) is 6.54 Å². The molecule has 160 valence electrons. The van der Waals surface area contributed by atoms with E-state index in [9.17, 15) is 20.0 Å². The van der Waals surface area contributed by atoms with Crippen LogP contribution >= 0.6 is 15.9 Å². The fourth-order valence-electron chi connectivity index (χ4n) is 3.19. The fraction of sp³-hybridized carbons (Fsp3) is 0.0455. The molecule has 0 fully saturated rings. The quantitative estimate of drug-likeness (QED) is 0.236. The van der Waals surface area contributed by atoms with Crippen molar-refractivity contribution < 1.29 is 14.8 Å². The maximum atomic E-state index is 12.5. The van der Waals surface area contributed by atoms with E-state index >= 15 is 0 Å². The number of amides is 1. The van der Waals surface area contributed by atoms with Crippen LogP contribution in [-0.4, -0.2) is 31.9 Å². The summed E-state index contributed by atoms with van der Waals surface area (Å²) in [5.41, 5.74) is 2.75. The number of nitro groups is 1. The number of carbonyl (C=O) groups is 1. The molecule has 1 aromatic heterocycles. The maximum absolute atomic E-state index is 12.5. The van der Waals surface area contributed by atoms with Crippen LogP contribution in [0.15, 0.2) is 76.4 Å². The summed E-state index contributed by atoms with van der Waals surface area (Å²) in [5.74, 6) is -0.839. The molecule has 10 heteroatoms. The summed E-state index contributed by atoms with van der Waals surface area (Å²) in [6.45, 7) is 0.258. The van der Waals surface area contributed by atoms with Gasteiger partial charge in [0.05, 0.1) is 17.7 Å². The normalized spacial score (nSPS) is 11.2. The van der Waals surface area contributed by atoms with Crippen molar-refractivity contribution in [2.24, 2.45) is 5.10 Å². The van der Waals surface area contributed by atoms with Gasteiger partial charge in [0.2, 0.25) is 5.69 Å². The lowest BCUT2D eigenvalue weighted by Crippen LogP contribution is -2.19. The van der Waals surface area contributed by atoms with Crippen molar-refractivity contribution in [3.05, 3.63) is 98.3 Å². The Balaban J connectivity index is 1.55. The van der Waals surface area contributed by atoms with Crippen LogP contribution in [0.3, 0.4) is 0 Å². The molecular weight excluding hydrogens is 478 g/mol. The van der Waals surface area contributed by atoms with Gasteiger partial charge >= 0.3 is 5.69 Å². The number of nitrogens with one attached hydrogen (secondary N) is 1. The minimum Gasteiger partial charge on any atom is -0.507 e. The van der Waals surface area contributed by atoms with Gasteiger partial charge in [-0.3, -0.25) is 19.6 Å². The molecule has 32 heavy (non-hydrogen) atoms. The Morgan fingerprint density at radius 3 is 2.69 bits per heavy atom. The number of aromatic hydroxyl groups is 1. The molecule has 0 spiro atoms. The second kappa shape index (κ2) is 8.98. The third kappa shape index (κ3) is 4.49. The zero-order valence-corrected chi connectivity index (χ0v) is 18.1. The lowest BCUT2D eigenvalue weighted by molar-refractivity contribution is -0.385. The molecule has 0 saturated carbocycles. The molecule has 3 aromatic carbocycles. The first-order valence-corrected chi connectivity index (χ1v) is 10.2. The molecule has 0 unspecified atom stereocenters. The van der Waals surface area contributed by atoms with Crippen molar-refractivity contribution in [1.29, 1.82) is 0 Å². The number of halogens is 1. The number of phenolic OH excluding ortho intramolecular Hbond substituents is 1. The van der Waals surface area contributed by atoms with Gasteiger partial charge < -0.3 is 5.11 Å². The summed E-state index contributed by atoms with van der Waals surface area (Å²) in [5, 5.41) is 31.1. The van der Waals surface area contributed by atoms with Gasteiger partial charge in [0.1, 0.15) is 11.9 Å². The van der Waals surface area contributed by atoms with Crippen LogP contribution in [-0.2, 0) is 6.54 Å². The van der Waals surface area contributed by atoms with Gasteiger partial charge in [-0.05, 0) is 34.5 Å². The van der Waals surface area contributed by atoms with Crippen LogP contribution in [0.1, 0.15) is 21.6 Å². The first kappa shape index (κ1) is 21.2. The number of rotatable bonds is 6. The van der Waals surface area contributed by atoms with Gasteiger partial charge in [-0.2, -0.15) is 10.2 Å². The summed E-state index contributed by atoms with van der Waals surface area (Å²) in [7, 11) is 0. The first-order valence-electron chi connectivity index (χ1n) is 9.43. The summed E-state index contributed by atoms with van der Waals surface area (Å²) in [6.07, 6.45) is 2.50. The van der Waals surface area contributed by atoms with Crippen molar-refractivity contribution in [1.82, 2.24) is 15.2 Å². The van der Waals surface area contributed by atoms with Gasteiger partial charge in [0.15, 0.2) is 0 Å². The number of hydrogen-bond donors (Lipinski definition) is 2. The Kier molecular flexibility index (Phi) is 5.95. The van der Waals surface area contributed by atoms with Crippen LogP contribution < -0.4 is 5.43 Å². The third-order valence-corrected chi connectivity index (χ3v) is 5.25. The van der Waals surface area contributed by atoms with E-state index < -0.39 is 16.5 Å². The molecule has 0 radical (unpaired) electrons. The number of nitrogens with zero attached hydrogens (tertiary/aromatic N) is 4. The van der Waals surface area contributed by atoms with E-state index in [1.165, 1.54) is 23.2 Å². The van der Waals surface area contributed by atoms with E-state index in [0.29, 0.717) is 5.56 Å². The monoisotopic (exact) mass is 493 g/mol. The van der Waals surface area contributed by atoms with Gasteiger partial charge in [0.25, 0.3) is 5.91 Å². The highest BCUT2D eigenvalue weighted by Crippen LogP contribution is 2.25. The predicted molar refractivity (Wildman–Crippen MR) is 123 cm³/mol. The third-order valence-electron chi connectivity index (χ3n) is 4.72. The molecule has 0 atom stereocenters. The van der Waals surface area contributed by atoms with E-state index in [-0.39, 0.29) is 18.0 Å². The second-order valence-electron chi connectivity index (χ2n) is 6.86. The zero-order valence-electron chi connectivity index (χ0n) is 16.5. The molecule has 0 aliphatic rings. The van der Waals surface area contributed by atoms with Crippen molar-refractivity contribution >= 4 is 44.5 Å². The fourth-order valence-corrected chi connectivity index (χ4v) is 3.46. The van der Waals surface area contributed by atoms with Crippen LogP contribution in [0.5, 0.6) is 5.75 Å². The number of fused-ring (bicyclic) bond motifs is 1. The summed E-state index contributed by atoms with van der Waals surface area (Å²) in [4.78, 5) is 23.3. The Morgan fingerprint density at radius 2 is 1.94 bits per heavy atom. The minimum atomic E-state index is -0.831. The molecule has 0 saturated heterocycles. The Morgan fingerprint density at radius 1 is 1.19 bits per heavy atom. The number of benzene rings is 3. The summed E-state index contributed by atoms with van der Waals surface area (Å²) in [6, 6.07) is 18.1. The smallest absolute Gasteiger partial charge is 0.320 e. The van der Waals surface area contributed by atoms with Crippen LogP contribution in [0.2, 0.25) is 0 Å². The number of hydrogen-bond acceptors (Lipinski definition) is 6. The predicted octanol–water partition coefficient (Wildman–Crippen LogP) is 4.22. The van der Waals surface area contributed by atoms with Crippen LogP contribution in [0, 0.1) is 10.1 Å². The average Bonchev–Trinajstić information content (AvgIpc) is 3.21. The number of phenols is 1. The number of carbonyl (C=O) groups excluding carboxylic acids is 1. The Labute approximate surface area is 190 Å². The molecule has 0 aliphatic carbocycles. The molecule has 9 nitrogen and oxygen atoms in total. The molecule has 1 amide bonds. The molecule has 4 aromatic rings. The standard InChI is InChI=1S/C22H16BrN5O4/c23-16-8-5-14(6-9-16)12-27-13-19(28(31)32)21(26-27)22(30)25-24-11-18-17-4-2-1-3-15(17)7-10-20(18)29/h1-11,13,29H,12H2,(H,25,30). The van der Waals surface area contributed by atoms with Crippen molar-refractivity contribution in [3.63, 3.8) is 0 Å². The molecule has 1 heterocycles. The van der Waals surface area contributed by atoms with E-state index in [0.717, 1.165) is 20.8 Å². The first-order chi connectivity index (χ1) is 15.4. The average molecular weight is 494 g/mol. The van der Waals surface area contributed by atoms with E-state index in [1.807, 2.05) is 48.5 Å². The van der Waals surface area contributed by atoms with Crippen molar-refractivity contribution in [3.8, 4) is 5.75 Å². The lowest BCUT2D eigenvalue weighted by Gasteiger charge is -2.04. The van der Waals surface area contributed by atoms with Crippen LogP contribution in [0.4, 0.5) is 5.69 Å². The van der Waals surface area contributed by atoms with Gasteiger partial charge in [0, 0.05) is 10.0 Å². The summed E-state index contributed by atoms with van der Waals surface area (Å²) < 4.78 is 2.24. The maximum Gasteiger partial charge on any atom is 0.320 e. The SMILES string of the molecule is O=C(NN=Cc1c(O)ccc2ccccc12)c1nn(Cc2ccc(Br)cc2)cc1[N+](=O)[O-]. The Bertz CT molecular complexity index is 1350.